The average molecular weight is 224 g/mol. The predicted octanol–water partition coefficient (Wildman–Crippen LogP) is 1.12. The fourth-order valence-corrected chi connectivity index (χ4v) is 1.21. The van der Waals surface area contributed by atoms with Crippen LogP contribution in [-0.4, -0.2) is 41.3 Å². The molecule has 1 aromatic heterocycles. The summed E-state index contributed by atoms with van der Waals surface area (Å²) in [6, 6.07) is 0.0377. The molecule has 1 unspecified atom stereocenters. The molecule has 1 atom stereocenters. The van der Waals surface area contributed by atoms with Gasteiger partial charge in [0, 0.05) is 13.6 Å². The number of nitrogens with zero attached hydrogens (tertiary/aromatic N) is 3. The highest BCUT2D eigenvalue weighted by Crippen LogP contribution is 2.13. The van der Waals surface area contributed by atoms with Gasteiger partial charge < -0.3 is 15.3 Å². The standard InChI is InChI=1S/C11H20N4O/c1-4-5-13-10-6-12-7-11(14-10)15(3)9(2)8-16/h6-7,9,16H,4-5,8H2,1-3H3,(H,13,14). The van der Waals surface area contributed by atoms with E-state index in [1.54, 1.807) is 12.4 Å². The summed E-state index contributed by atoms with van der Waals surface area (Å²) in [4.78, 5) is 10.5. The molecule has 5 heteroatoms. The molecule has 1 heterocycles. The Hall–Kier alpha value is -1.36. The normalized spacial score (nSPS) is 12.2. The molecule has 16 heavy (non-hydrogen) atoms. The quantitative estimate of drug-likeness (QED) is 0.758. The molecule has 0 radical (unpaired) electrons. The zero-order valence-electron chi connectivity index (χ0n) is 10.1. The molecule has 0 fully saturated rings. The van der Waals surface area contributed by atoms with E-state index >= 15 is 0 Å². The van der Waals surface area contributed by atoms with Crippen molar-refractivity contribution in [1.29, 1.82) is 0 Å². The van der Waals surface area contributed by atoms with Gasteiger partial charge in [-0.15, -0.1) is 0 Å². The summed E-state index contributed by atoms with van der Waals surface area (Å²) >= 11 is 0. The molecule has 0 amide bonds. The first kappa shape index (κ1) is 12.7. The van der Waals surface area contributed by atoms with Crippen LogP contribution in [0.5, 0.6) is 0 Å². The van der Waals surface area contributed by atoms with Crippen LogP contribution < -0.4 is 10.2 Å². The summed E-state index contributed by atoms with van der Waals surface area (Å²) in [5, 5.41) is 12.3. The second-order valence-corrected chi connectivity index (χ2v) is 3.83. The van der Waals surface area contributed by atoms with Gasteiger partial charge in [0.1, 0.15) is 11.6 Å². The van der Waals surface area contributed by atoms with E-state index in [1.165, 1.54) is 0 Å². The van der Waals surface area contributed by atoms with Gasteiger partial charge >= 0.3 is 0 Å². The summed E-state index contributed by atoms with van der Waals surface area (Å²) in [7, 11) is 1.90. The first-order chi connectivity index (χ1) is 7.69. The maximum Gasteiger partial charge on any atom is 0.149 e. The second-order valence-electron chi connectivity index (χ2n) is 3.83. The minimum Gasteiger partial charge on any atom is -0.394 e. The number of nitrogens with one attached hydrogen (secondary N) is 1. The molecule has 0 aromatic carbocycles. The van der Waals surface area contributed by atoms with Gasteiger partial charge in [0.25, 0.3) is 0 Å². The lowest BCUT2D eigenvalue weighted by Crippen LogP contribution is -2.32. The molecule has 0 aliphatic heterocycles. The maximum absolute atomic E-state index is 9.07. The Morgan fingerprint density at radius 3 is 2.88 bits per heavy atom. The number of likely N-dealkylation sites (N-methyl/N-ethyl adjacent to an activating group) is 1. The zero-order valence-corrected chi connectivity index (χ0v) is 10.1. The van der Waals surface area contributed by atoms with Gasteiger partial charge in [-0.25, -0.2) is 4.98 Å². The van der Waals surface area contributed by atoms with Crippen LogP contribution in [0, 0.1) is 0 Å². The lowest BCUT2D eigenvalue weighted by molar-refractivity contribution is 0.270. The molecule has 0 saturated carbocycles. The molecular formula is C11H20N4O. The van der Waals surface area contributed by atoms with Crippen LogP contribution in [0.25, 0.3) is 0 Å². The van der Waals surface area contributed by atoms with Gasteiger partial charge in [0.05, 0.1) is 25.0 Å². The number of aliphatic hydroxyl groups excluding tert-OH is 1. The number of rotatable bonds is 6. The SMILES string of the molecule is CCCNc1cncc(N(C)C(C)CO)n1. The van der Waals surface area contributed by atoms with Crippen molar-refractivity contribution >= 4 is 11.6 Å². The second kappa shape index (κ2) is 6.27. The van der Waals surface area contributed by atoms with Crippen LogP contribution in [0.4, 0.5) is 11.6 Å². The molecule has 1 aromatic rings. The Kier molecular flexibility index (Phi) is 4.98. The number of aromatic nitrogens is 2. The van der Waals surface area contributed by atoms with Crippen molar-refractivity contribution in [3.8, 4) is 0 Å². The lowest BCUT2D eigenvalue weighted by atomic mass is 10.3. The number of hydrogen-bond acceptors (Lipinski definition) is 5. The minimum absolute atomic E-state index is 0.0377. The summed E-state index contributed by atoms with van der Waals surface area (Å²) in [6.07, 6.45) is 4.45. The van der Waals surface area contributed by atoms with E-state index in [2.05, 4.69) is 22.2 Å². The zero-order chi connectivity index (χ0) is 12.0. The topological polar surface area (TPSA) is 61.3 Å². The third kappa shape index (κ3) is 3.34. The van der Waals surface area contributed by atoms with Gasteiger partial charge in [-0.1, -0.05) is 6.92 Å². The van der Waals surface area contributed by atoms with Crippen LogP contribution >= 0.6 is 0 Å². The van der Waals surface area contributed by atoms with E-state index in [0.29, 0.717) is 0 Å². The van der Waals surface area contributed by atoms with E-state index in [9.17, 15) is 0 Å². The molecule has 5 nitrogen and oxygen atoms in total. The number of anilines is 2. The van der Waals surface area contributed by atoms with Crippen molar-refractivity contribution in [2.24, 2.45) is 0 Å². The third-order valence-corrected chi connectivity index (χ3v) is 2.46. The van der Waals surface area contributed by atoms with Crippen molar-refractivity contribution in [2.75, 3.05) is 30.4 Å². The number of aliphatic hydroxyl groups is 1. The van der Waals surface area contributed by atoms with E-state index < -0.39 is 0 Å². The lowest BCUT2D eigenvalue weighted by Gasteiger charge is -2.24. The minimum atomic E-state index is 0.0377. The molecule has 1 rings (SSSR count). The fraction of sp³-hybridized carbons (Fsp3) is 0.636. The Labute approximate surface area is 96.5 Å². The Balaban J connectivity index is 2.73. The van der Waals surface area contributed by atoms with Crippen molar-refractivity contribution in [1.82, 2.24) is 9.97 Å². The maximum atomic E-state index is 9.07. The molecular weight excluding hydrogens is 204 g/mol. The highest BCUT2D eigenvalue weighted by atomic mass is 16.3. The molecule has 2 N–H and O–H groups in total. The molecule has 0 aliphatic carbocycles. The van der Waals surface area contributed by atoms with Crippen LogP contribution in [0.2, 0.25) is 0 Å². The summed E-state index contributed by atoms with van der Waals surface area (Å²) < 4.78 is 0. The van der Waals surface area contributed by atoms with Gasteiger partial charge in [0.15, 0.2) is 0 Å². The van der Waals surface area contributed by atoms with Crippen molar-refractivity contribution in [2.45, 2.75) is 26.3 Å². The van der Waals surface area contributed by atoms with E-state index in [4.69, 9.17) is 5.11 Å². The first-order valence-electron chi connectivity index (χ1n) is 5.58. The van der Waals surface area contributed by atoms with Crippen LogP contribution in [0.3, 0.4) is 0 Å². The molecule has 0 aliphatic rings. The van der Waals surface area contributed by atoms with Crippen molar-refractivity contribution in [3.63, 3.8) is 0 Å². The predicted molar refractivity (Wildman–Crippen MR) is 65.8 cm³/mol. The smallest absolute Gasteiger partial charge is 0.149 e. The highest BCUT2D eigenvalue weighted by molar-refractivity contribution is 5.43. The van der Waals surface area contributed by atoms with E-state index in [1.807, 2.05) is 18.9 Å². The van der Waals surface area contributed by atoms with Gasteiger partial charge in [0.2, 0.25) is 0 Å². The Bertz CT molecular complexity index is 319. The molecule has 90 valence electrons. The van der Waals surface area contributed by atoms with Crippen molar-refractivity contribution < 1.29 is 5.11 Å². The largest absolute Gasteiger partial charge is 0.394 e. The Morgan fingerprint density at radius 2 is 2.25 bits per heavy atom. The molecule has 0 saturated heterocycles. The van der Waals surface area contributed by atoms with Crippen molar-refractivity contribution in [3.05, 3.63) is 12.4 Å². The van der Waals surface area contributed by atoms with Gasteiger partial charge in [-0.2, -0.15) is 0 Å². The summed E-state index contributed by atoms with van der Waals surface area (Å²) in [5.74, 6) is 1.54. The van der Waals surface area contributed by atoms with Crippen LogP contribution in [-0.2, 0) is 0 Å². The Morgan fingerprint density at radius 1 is 1.50 bits per heavy atom. The number of hydrogen-bond donors (Lipinski definition) is 2. The average Bonchev–Trinajstić information content (AvgIpc) is 2.34. The monoisotopic (exact) mass is 224 g/mol. The van der Waals surface area contributed by atoms with E-state index in [0.717, 1.165) is 24.6 Å². The van der Waals surface area contributed by atoms with Gasteiger partial charge in [-0.05, 0) is 13.3 Å². The first-order valence-corrected chi connectivity index (χ1v) is 5.58. The van der Waals surface area contributed by atoms with Gasteiger partial charge in [-0.3, -0.25) is 4.98 Å². The van der Waals surface area contributed by atoms with E-state index in [-0.39, 0.29) is 12.6 Å². The fourth-order valence-electron chi connectivity index (χ4n) is 1.21. The van der Waals surface area contributed by atoms with Crippen LogP contribution in [0.1, 0.15) is 20.3 Å². The highest BCUT2D eigenvalue weighted by Gasteiger charge is 2.10. The third-order valence-electron chi connectivity index (χ3n) is 2.46. The van der Waals surface area contributed by atoms with Crippen LogP contribution in [0.15, 0.2) is 12.4 Å². The molecule has 0 bridgehead atoms. The summed E-state index contributed by atoms with van der Waals surface area (Å²) in [6.45, 7) is 5.03. The summed E-state index contributed by atoms with van der Waals surface area (Å²) in [5.41, 5.74) is 0. The molecule has 0 spiro atoms.